The van der Waals surface area contributed by atoms with Gasteiger partial charge >= 0.3 is 0 Å². The molecule has 1 N–H and O–H groups in total. The van der Waals surface area contributed by atoms with E-state index in [4.69, 9.17) is 4.74 Å². The van der Waals surface area contributed by atoms with E-state index in [1.807, 2.05) is 62.5 Å². The number of amides is 1. The Morgan fingerprint density at radius 2 is 1.81 bits per heavy atom. The van der Waals surface area contributed by atoms with Crippen LogP contribution < -0.4 is 4.74 Å². The molecule has 0 aliphatic carbocycles. The molecular formula is C24H24N4O2S. The van der Waals surface area contributed by atoms with E-state index in [0.717, 1.165) is 27.6 Å². The number of rotatable bonds is 7. The third-order valence-corrected chi connectivity index (χ3v) is 5.90. The van der Waals surface area contributed by atoms with Crippen molar-refractivity contribution in [2.24, 2.45) is 0 Å². The number of fused-ring (bicyclic) bond motifs is 1. The fourth-order valence-corrected chi connectivity index (χ4v) is 3.99. The van der Waals surface area contributed by atoms with Gasteiger partial charge in [-0.1, -0.05) is 59.8 Å². The Morgan fingerprint density at radius 3 is 2.58 bits per heavy atom. The van der Waals surface area contributed by atoms with E-state index in [9.17, 15) is 4.79 Å². The monoisotopic (exact) mass is 432 g/mol. The Labute approximate surface area is 185 Å². The van der Waals surface area contributed by atoms with Gasteiger partial charge in [0, 0.05) is 19.2 Å². The lowest BCUT2D eigenvalue weighted by Gasteiger charge is -2.17. The first-order valence-electron chi connectivity index (χ1n) is 9.95. The molecule has 1 aromatic heterocycles. The second kappa shape index (κ2) is 9.22. The quantitative estimate of drug-likeness (QED) is 0.429. The van der Waals surface area contributed by atoms with E-state index in [0.29, 0.717) is 17.5 Å². The van der Waals surface area contributed by atoms with Gasteiger partial charge < -0.3 is 9.64 Å². The molecule has 158 valence electrons. The molecule has 0 fully saturated rings. The molecule has 3 aromatic carbocycles. The number of ether oxygens (including phenoxy) is 1. The lowest BCUT2D eigenvalue weighted by molar-refractivity contribution is -0.127. The minimum Gasteiger partial charge on any atom is -0.497 e. The summed E-state index contributed by atoms with van der Waals surface area (Å²) < 4.78 is 5.28. The van der Waals surface area contributed by atoms with Crippen molar-refractivity contribution in [3.05, 3.63) is 71.8 Å². The van der Waals surface area contributed by atoms with Crippen molar-refractivity contribution in [1.82, 2.24) is 20.1 Å². The Morgan fingerprint density at radius 1 is 1.06 bits per heavy atom. The van der Waals surface area contributed by atoms with Crippen molar-refractivity contribution in [3.63, 3.8) is 0 Å². The maximum atomic E-state index is 12.6. The van der Waals surface area contributed by atoms with Gasteiger partial charge in [-0.25, -0.2) is 4.98 Å². The molecule has 0 spiro atoms. The Balaban J connectivity index is 1.34. The van der Waals surface area contributed by atoms with Crippen LogP contribution in [0.2, 0.25) is 0 Å². The molecule has 0 aliphatic heterocycles. The number of carbonyl (C=O) groups is 1. The zero-order valence-corrected chi connectivity index (χ0v) is 18.6. The van der Waals surface area contributed by atoms with E-state index in [2.05, 4.69) is 27.3 Å². The Bertz CT molecular complexity index is 1200. The smallest absolute Gasteiger partial charge is 0.233 e. The standard InChI is InChI=1S/C24H24N4O2S/c1-16-4-7-18(8-5-16)23-25-24(27-26-23)31-15-22(29)28(2)14-17-6-9-20-13-21(30-3)11-10-19(20)12-17/h4-13H,14-15H2,1-3H3,(H,25,26,27). The predicted molar refractivity (Wildman–Crippen MR) is 124 cm³/mol. The fraction of sp³-hybridized carbons (Fsp3) is 0.208. The van der Waals surface area contributed by atoms with Crippen molar-refractivity contribution < 1.29 is 9.53 Å². The van der Waals surface area contributed by atoms with Gasteiger partial charge in [-0.05, 0) is 41.5 Å². The third-order valence-electron chi connectivity index (χ3n) is 5.07. The van der Waals surface area contributed by atoms with Crippen LogP contribution in [0.3, 0.4) is 0 Å². The van der Waals surface area contributed by atoms with Crippen molar-refractivity contribution >= 4 is 28.4 Å². The second-order valence-corrected chi connectivity index (χ2v) is 8.36. The van der Waals surface area contributed by atoms with Crippen LogP contribution in [0.5, 0.6) is 5.75 Å². The molecule has 0 bridgehead atoms. The van der Waals surface area contributed by atoms with Crippen LogP contribution >= 0.6 is 11.8 Å². The highest BCUT2D eigenvalue weighted by atomic mass is 32.2. The molecule has 0 radical (unpaired) electrons. The summed E-state index contributed by atoms with van der Waals surface area (Å²) in [7, 11) is 3.48. The summed E-state index contributed by atoms with van der Waals surface area (Å²) in [5.74, 6) is 1.85. The number of methoxy groups -OCH3 is 1. The van der Waals surface area contributed by atoms with Crippen molar-refractivity contribution in [3.8, 4) is 17.1 Å². The Hall–Kier alpha value is -3.32. The van der Waals surface area contributed by atoms with Gasteiger partial charge in [0.1, 0.15) is 5.75 Å². The van der Waals surface area contributed by atoms with Crippen molar-refractivity contribution in [2.45, 2.75) is 18.6 Å². The van der Waals surface area contributed by atoms with Crippen molar-refractivity contribution in [1.29, 1.82) is 0 Å². The molecule has 1 amide bonds. The number of aromatic amines is 1. The summed E-state index contributed by atoms with van der Waals surface area (Å²) in [5, 5.41) is 9.97. The molecule has 1 heterocycles. The number of nitrogens with zero attached hydrogens (tertiary/aromatic N) is 3. The van der Waals surface area contributed by atoms with Crippen LogP contribution in [0.25, 0.3) is 22.2 Å². The van der Waals surface area contributed by atoms with Gasteiger partial charge in [-0.15, -0.1) is 5.10 Å². The zero-order valence-electron chi connectivity index (χ0n) is 17.8. The fourth-order valence-electron chi connectivity index (χ4n) is 3.25. The summed E-state index contributed by atoms with van der Waals surface area (Å²) in [5.41, 5.74) is 3.25. The highest BCUT2D eigenvalue weighted by Crippen LogP contribution is 2.23. The van der Waals surface area contributed by atoms with E-state index < -0.39 is 0 Å². The van der Waals surface area contributed by atoms with Gasteiger partial charge in [0.25, 0.3) is 0 Å². The number of H-pyrrole nitrogens is 1. The first kappa shape index (κ1) is 20.9. The lowest BCUT2D eigenvalue weighted by atomic mass is 10.1. The molecule has 4 aromatic rings. The number of aromatic nitrogens is 3. The van der Waals surface area contributed by atoms with Gasteiger partial charge in [0.05, 0.1) is 12.9 Å². The largest absolute Gasteiger partial charge is 0.497 e. The van der Waals surface area contributed by atoms with Crippen molar-refractivity contribution in [2.75, 3.05) is 19.9 Å². The van der Waals surface area contributed by atoms with E-state index in [1.165, 1.54) is 17.3 Å². The van der Waals surface area contributed by atoms with E-state index >= 15 is 0 Å². The van der Waals surface area contributed by atoms with Crippen LogP contribution in [0.15, 0.2) is 65.8 Å². The summed E-state index contributed by atoms with van der Waals surface area (Å²) in [6, 6.07) is 20.3. The number of benzene rings is 3. The molecule has 0 unspecified atom stereocenters. The minimum atomic E-state index is 0.0292. The average Bonchev–Trinajstić information content (AvgIpc) is 3.26. The first-order valence-corrected chi connectivity index (χ1v) is 10.9. The zero-order chi connectivity index (χ0) is 21.8. The number of aryl methyl sites for hydroxylation is 1. The highest BCUT2D eigenvalue weighted by molar-refractivity contribution is 7.99. The molecule has 31 heavy (non-hydrogen) atoms. The number of thioether (sulfide) groups is 1. The van der Waals surface area contributed by atoms with Gasteiger partial charge in [-0.2, -0.15) is 0 Å². The Kier molecular flexibility index (Phi) is 6.23. The molecular weight excluding hydrogens is 408 g/mol. The summed E-state index contributed by atoms with van der Waals surface area (Å²) in [6.45, 7) is 2.59. The number of nitrogens with one attached hydrogen (secondary N) is 1. The lowest BCUT2D eigenvalue weighted by Crippen LogP contribution is -2.27. The average molecular weight is 433 g/mol. The van der Waals surface area contributed by atoms with Crippen LogP contribution in [-0.2, 0) is 11.3 Å². The second-order valence-electron chi connectivity index (χ2n) is 7.42. The van der Waals surface area contributed by atoms with E-state index in [-0.39, 0.29) is 11.7 Å². The maximum Gasteiger partial charge on any atom is 0.233 e. The summed E-state index contributed by atoms with van der Waals surface area (Å²) in [4.78, 5) is 18.8. The molecule has 0 atom stereocenters. The van der Waals surface area contributed by atoms with Crippen LogP contribution in [0, 0.1) is 6.92 Å². The van der Waals surface area contributed by atoms with Gasteiger partial charge in [-0.3, -0.25) is 9.89 Å². The molecule has 0 aliphatic rings. The topological polar surface area (TPSA) is 71.1 Å². The third kappa shape index (κ3) is 5.06. The van der Waals surface area contributed by atoms with Crippen LogP contribution in [0.1, 0.15) is 11.1 Å². The SMILES string of the molecule is COc1ccc2cc(CN(C)C(=O)CSc3n[nH]c(-c4ccc(C)cc4)n3)ccc2c1. The molecule has 7 heteroatoms. The number of carbonyl (C=O) groups excluding carboxylic acids is 1. The highest BCUT2D eigenvalue weighted by Gasteiger charge is 2.13. The van der Waals surface area contributed by atoms with Crippen LogP contribution in [-0.4, -0.2) is 45.9 Å². The van der Waals surface area contributed by atoms with E-state index in [1.54, 1.807) is 12.0 Å². The normalized spacial score (nSPS) is 10.9. The predicted octanol–water partition coefficient (Wildman–Crippen LogP) is 4.69. The molecule has 0 saturated carbocycles. The summed E-state index contributed by atoms with van der Waals surface area (Å²) >= 11 is 1.33. The first-order chi connectivity index (χ1) is 15.0. The van der Waals surface area contributed by atoms with Crippen LogP contribution in [0.4, 0.5) is 0 Å². The maximum absolute atomic E-state index is 12.6. The molecule has 6 nitrogen and oxygen atoms in total. The van der Waals surface area contributed by atoms with Gasteiger partial charge in [0.15, 0.2) is 5.82 Å². The number of hydrogen-bond acceptors (Lipinski definition) is 5. The molecule has 0 saturated heterocycles. The van der Waals surface area contributed by atoms with Gasteiger partial charge in [0.2, 0.25) is 11.1 Å². The summed E-state index contributed by atoms with van der Waals surface area (Å²) in [6.07, 6.45) is 0. The number of hydrogen-bond donors (Lipinski definition) is 1. The molecule has 4 rings (SSSR count). The minimum absolute atomic E-state index is 0.0292.